The largest absolute Gasteiger partial charge is 0.379 e. The molecule has 3 rings (SSSR count). The zero-order valence-electron chi connectivity index (χ0n) is 11.9. The fraction of sp³-hybridized carbons (Fsp3) is 0.167. The number of aromatic nitrogens is 1. The molecule has 1 N–H and O–H groups in total. The Morgan fingerprint density at radius 3 is 2.55 bits per heavy atom. The molecule has 1 heterocycles. The molecule has 0 aliphatic rings. The minimum atomic E-state index is 0.812. The van der Waals surface area contributed by atoms with Crippen molar-refractivity contribution >= 4 is 16.5 Å². The number of benzene rings is 2. The van der Waals surface area contributed by atoms with Gasteiger partial charge in [-0.05, 0) is 42.3 Å². The number of aryl methyl sites for hydroxylation is 2. The van der Waals surface area contributed by atoms with Gasteiger partial charge in [0.25, 0.3) is 0 Å². The fourth-order valence-corrected chi connectivity index (χ4v) is 2.51. The van der Waals surface area contributed by atoms with E-state index >= 15 is 0 Å². The molecule has 0 saturated heterocycles. The van der Waals surface area contributed by atoms with E-state index in [2.05, 4.69) is 58.8 Å². The Labute approximate surface area is 119 Å². The molecule has 2 nitrogen and oxygen atoms in total. The van der Waals surface area contributed by atoms with Crippen molar-refractivity contribution in [1.82, 2.24) is 4.98 Å². The van der Waals surface area contributed by atoms with E-state index < -0.39 is 0 Å². The van der Waals surface area contributed by atoms with Gasteiger partial charge in [-0.2, -0.15) is 0 Å². The third-order valence-electron chi connectivity index (χ3n) is 3.57. The molecule has 2 heteroatoms. The minimum absolute atomic E-state index is 0.812. The molecular weight excluding hydrogens is 244 g/mol. The van der Waals surface area contributed by atoms with Crippen LogP contribution < -0.4 is 5.32 Å². The molecule has 3 aromatic rings. The van der Waals surface area contributed by atoms with E-state index in [9.17, 15) is 0 Å². The number of rotatable bonds is 3. The van der Waals surface area contributed by atoms with Crippen LogP contribution in [0.5, 0.6) is 0 Å². The second-order valence-corrected chi connectivity index (χ2v) is 5.08. The first-order valence-corrected chi connectivity index (χ1v) is 6.89. The van der Waals surface area contributed by atoms with E-state index in [1.807, 2.05) is 19.9 Å². The van der Waals surface area contributed by atoms with Crippen LogP contribution in [0.2, 0.25) is 0 Å². The molecule has 0 aliphatic carbocycles. The van der Waals surface area contributed by atoms with Crippen molar-refractivity contribution < 1.29 is 0 Å². The molecular formula is C18H18N2. The summed E-state index contributed by atoms with van der Waals surface area (Å²) in [5.41, 5.74) is 4.51. The Bertz CT molecular complexity index is 742. The van der Waals surface area contributed by atoms with E-state index in [1.165, 1.54) is 16.3 Å². The summed E-state index contributed by atoms with van der Waals surface area (Å²) in [6, 6.07) is 19.1. The summed E-state index contributed by atoms with van der Waals surface area (Å²) in [5, 5.41) is 6.07. The first kappa shape index (κ1) is 12.7. The molecule has 0 atom stereocenters. The number of anilines is 1. The van der Waals surface area contributed by atoms with Crippen LogP contribution in [0.25, 0.3) is 10.8 Å². The smallest absolute Gasteiger partial charge is 0.0606 e. The van der Waals surface area contributed by atoms with Gasteiger partial charge in [-0.25, -0.2) is 0 Å². The van der Waals surface area contributed by atoms with E-state index in [-0.39, 0.29) is 0 Å². The quantitative estimate of drug-likeness (QED) is 0.753. The molecule has 1 aromatic heterocycles. The van der Waals surface area contributed by atoms with E-state index in [0.29, 0.717) is 0 Å². The molecule has 0 saturated carbocycles. The van der Waals surface area contributed by atoms with Gasteiger partial charge < -0.3 is 5.32 Å². The second kappa shape index (κ2) is 5.33. The maximum absolute atomic E-state index is 4.49. The zero-order chi connectivity index (χ0) is 13.9. The average Bonchev–Trinajstić information content (AvgIpc) is 2.46. The van der Waals surface area contributed by atoms with Crippen LogP contribution in [0, 0.1) is 13.8 Å². The van der Waals surface area contributed by atoms with Crippen molar-refractivity contribution in [3.8, 4) is 0 Å². The molecule has 0 bridgehead atoms. The van der Waals surface area contributed by atoms with Crippen molar-refractivity contribution in [1.29, 1.82) is 0 Å². The maximum Gasteiger partial charge on any atom is 0.0606 e. The Morgan fingerprint density at radius 2 is 1.70 bits per heavy atom. The lowest BCUT2D eigenvalue weighted by atomic mass is 10.0. The minimum Gasteiger partial charge on any atom is -0.379 e. The molecule has 2 aromatic carbocycles. The van der Waals surface area contributed by atoms with Crippen molar-refractivity contribution in [3.05, 3.63) is 71.5 Å². The summed E-state index contributed by atoms with van der Waals surface area (Å²) < 4.78 is 0. The monoisotopic (exact) mass is 262 g/mol. The Balaban J connectivity index is 1.87. The molecule has 100 valence electrons. The van der Waals surface area contributed by atoms with E-state index in [4.69, 9.17) is 0 Å². The van der Waals surface area contributed by atoms with Crippen LogP contribution in [0.1, 0.15) is 17.0 Å². The highest BCUT2D eigenvalue weighted by Gasteiger charge is 2.02. The van der Waals surface area contributed by atoms with Crippen LogP contribution >= 0.6 is 0 Å². The highest BCUT2D eigenvalue weighted by atomic mass is 14.9. The third-order valence-corrected chi connectivity index (χ3v) is 3.57. The topological polar surface area (TPSA) is 24.9 Å². The Kier molecular flexibility index (Phi) is 3.38. The van der Waals surface area contributed by atoms with Crippen molar-refractivity contribution in [2.45, 2.75) is 20.4 Å². The number of nitrogens with zero attached hydrogens (tertiary/aromatic N) is 1. The summed E-state index contributed by atoms with van der Waals surface area (Å²) in [6.45, 7) is 4.87. The predicted molar refractivity (Wildman–Crippen MR) is 85.0 cm³/mol. The van der Waals surface area contributed by atoms with Crippen LogP contribution in [0.4, 0.5) is 5.69 Å². The zero-order valence-corrected chi connectivity index (χ0v) is 11.9. The van der Waals surface area contributed by atoms with Crippen molar-refractivity contribution in [2.24, 2.45) is 0 Å². The first-order valence-electron chi connectivity index (χ1n) is 6.89. The number of nitrogens with one attached hydrogen (secondary N) is 1. The standard InChI is InChI=1S/C18H18N2/c1-13-10-11-18(14(2)20-13)19-12-16-8-5-7-15-6-3-4-9-17(15)16/h3-11,19H,12H2,1-2H3. The van der Waals surface area contributed by atoms with Gasteiger partial charge in [-0.1, -0.05) is 42.5 Å². The summed E-state index contributed by atoms with van der Waals surface area (Å²) in [5.74, 6) is 0. The van der Waals surface area contributed by atoms with Crippen LogP contribution in [0.3, 0.4) is 0 Å². The summed E-state index contributed by atoms with van der Waals surface area (Å²) in [6.07, 6.45) is 0. The fourth-order valence-electron chi connectivity index (χ4n) is 2.51. The SMILES string of the molecule is Cc1ccc(NCc2cccc3ccccc23)c(C)n1. The lowest BCUT2D eigenvalue weighted by Crippen LogP contribution is -2.03. The van der Waals surface area contributed by atoms with E-state index in [1.54, 1.807) is 0 Å². The number of fused-ring (bicyclic) bond motifs is 1. The summed E-state index contributed by atoms with van der Waals surface area (Å²) >= 11 is 0. The van der Waals surface area contributed by atoms with Crippen LogP contribution in [-0.4, -0.2) is 4.98 Å². The summed E-state index contributed by atoms with van der Waals surface area (Å²) in [4.78, 5) is 4.49. The Morgan fingerprint density at radius 1 is 0.900 bits per heavy atom. The Hall–Kier alpha value is -2.35. The molecule has 20 heavy (non-hydrogen) atoms. The van der Waals surface area contributed by atoms with Gasteiger partial charge in [0.15, 0.2) is 0 Å². The van der Waals surface area contributed by atoms with Gasteiger partial charge in [0.1, 0.15) is 0 Å². The van der Waals surface area contributed by atoms with Gasteiger partial charge in [-0.3, -0.25) is 4.98 Å². The predicted octanol–water partition coefficient (Wildman–Crippen LogP) is 4.46. The highest BCUT2D eigenvalue weighted by Crippen LogP contribution is 2.20. The number of hydrogen-bond acceptors (Lipinski definition) is 2. The van der Waals surface area contributed by atoms with Crippen molar-refractivity contribution in [2.75, 3.05) is 5.32 Å². The van der Waals surface area contributed by atoms with E-state index in [0.717, 1.165) is 23.6 Å². The third kappa shape index (κ3) is 2.50. The van der Waals surface area contributed by atoms with Gasteiger partial charge in [0.05, 0.1) is 11.4 Å². The molecule has 0 unspecified atom stereocenters. The number of hydrogen-bond donors (Lipinski definition) is 1. The van der Waals surface area contributed by atoms with Crippen LogP contribution in [-0.2, 0) is 6.54 Å². The lowest BCUT2D eigenvalue weighted by molar-refractivity contribution is 1.08. The van der Waals surface area contributed by atoms with Gasteiger partial charge >= 0.3 is 0 Å². The second-order valence-electron chi connectivity index (χ2n) is 5.08. The highest BCUT2D eigenvalue weighted by molar-refractivity contribution is 5.85. The van der Waals surface area contributed by atoms with Gasteiger partial charge in [-0.15, -0.1) is 0 Å². The maximum atomic E-state index is 4.49. The normalized spacial score (nSPS) is 10.7. The van der Waals surface area contributed by atoms with Crippen LogP contribution in [0.15, 0.2) is 54.6 Å². The average molecular weight is 262 g/mol. The van der Waals surface area contributed by atoms with Crippen molar-refractivity contribution in [3.63, 3.8) is 0 Å². The molecule has 0 amide bonds. The molecule has 0 aliphatic heterocycles. The molecule has 0 radical (unpaired) electrons. The summed E-state index contributed by atoms with van der Waals surface area (Å²) in [7, 11) is 0. The van der Waals surface area contributed by atoms with Gasteiger partial charge in [0.2, 0.25) is 0 Å². The lowest BCUT2D eigenvalue weighted by Gasteiger charge is -2.11. The number of pyridine rings is 1. The van der Waals surface area contributed by atoms with Gasteiger partial charge in [0, 0.05) is 12.2 Å². The first-order chi connectivity index (χ1) is 9.74. The molecule has 0 spiro atoms. The molecule has 0 fully saturated rings.